The Balaban J connectivity index is 2.02. The van der Waals surface area contributed by atoms with Gasteiger partial charge in [0.15, 0.2) is 11.6 Å². The van der Waals surface area contributed by atoms with Gasteiger partial charge in [0, 0.05) is 18.2 Å². The number of ether oxygens (including phenoxy) is 1. The van der Waals surface area contributed by atoms with Gasteiger partial charge in [0.1, 0.15) is 5.75 Å². The van der Waals surface area contributed by atoms with E-state index in [1.807, 2.05) is 24.3 Å². The Bertz CT molecular complexity index is 634. The summed E-state index contributed by atoms with van der Waals surface area (Å²) in [5.74, 6) is -1.14. The van der Waals surface area contributed by atoms with Gasteiger partial charge in [-0.3, -0.25) is 0 Å². The molecule has 22 heavy (non-hydrogen) atoms. The number of benzene rings is 2. The van der Waals surface area contributed by atoms with E-state index >= 15 is 0 Å². The summed E-state index contributed by atoms with van der Waals surface area (Å²) < 4.78 is 31.4. The fourth-order valence-electron chi connectivity index (χ4n) is 2.22. The van der Waals surface area contributed by atoms with E-state index in [0.717, 1.165) is 23.4 Å². The fourth-order valence-corrected chi connectivity index (χ4v) is 2.22. The van der Waals surface area contributed by atoms with Crippen molar-refractivity contribution in [3.8, 4) is 5.75 Å². The highest BCUT2D eigenvalue weighted by Gasteiger charge is 2.18. The molecule has 0 aliphatic heterocycles. The molecular weight excluding hydrogens is 288 g/mol. The summed E-state index contributed by atoms with van der Waals surface area (Å²) in [6, 6.07) is 10.6. The molecule has 2 N–H and O–H groups in total. The average Bonchev–Trinajstić information content (AvgIpc) is 2.54. The van der Waals surface area contributed by atoms with Crippen molar-refractivity contribution in [2.24, 2.45) is 0 Å². The molecule has 0 saturated carbocycles. The van der Waals surface area contributed by atoms with E-state index in [1.165, 1.54) is 6.07 Å². The van der Waals surface area contributed by atoms with Crippen LogP contribution in [0.5, 0.6) is 5.75 Å². The van der Waals surface area contributed by atoms with Crippen molar-refractivity contribution < 1.29 is 18.6 Å². The van der Waals surface area contributed by atoms with Gasteiger partial charge >= 0.3 is 0 Å². The zero-order valence-corrected chi connectivity index (χ0v) is 12.5. The number of halogens is 2. The molecule has 0 aromatic heterocycles. The van der Waals surface area contributed by atoms with Gasteiger partial charge in [0.25, 0.3) is 0 Å². The number of para-hydroxylation sites is 1. The zero-order chi connectivity index (χ0) is 16.1. The third kappa shape index (κ3) is 3.81. The third-order valence-electron chi connectivity index (χ3n) is 3.57. The average molecular weight is 307 g/mol. The Morgan fingerprint density at radius 1 is 1.14 bits per heavy atom. The second kappa shape index (κ2) is 7.33. The van der Waals surface area contributed by atoms with Gasteiger partial charge in [-0.05, 0) is 30.7 Å². The van der Waals surface area contributed by atoms with Crippen LogP contribution >= 0.6 is 0 Å². The van der Waals surface area contributed by atoms with E-state index in [1.54, 1.807) is 14.0 Å². The summed E-state index contributed by atoms with van der Waals surface area (Å²) >= 11 is 0. The largest absolute Gasteiger partial charge is 0.496 e. The Hall–Kier alpha value is -1.98. The first-order chi connectivity index (χ1) is 10.5. The van der Waals surface area contributed by atoms with Crippen molar-refractivity contribution in [2.75, 3.05) is 7.11 Å². The van der Waals surface area contributed by atoms with E-state index < -0.39 is 17.7 Å². The minimum absolute atomic E-state index is 0.332. The number of aliphatic hydroxyl groups excluding tert-OH is 1. The Morgan fingerprint density at radius 2 is 1.86 bits per heavy atom. The molecule has 5 heteroatoms. The highest BCUT2D eigenvalue weighted by molar-refractivity contribution is 5.33. The topological polar surface area (TPSA) is 41.5 Å². The smallest absolute Gasteiger partial charge is 0.159 e. The fraction of sp³-hybridized carbons (Fsp3) is 0.294. The molecule has 0 radical (unpaired) electrons. The number of nitrogens with one attached hydrogen (secondary N) is 1. The summed E-state index contributed by atoms with van der Waals surface area (Å²) in [6.07, 6.45) is -0.940. The van der Waals surface area contributed by atoms with E-state index in [4.69, 9.17) is 4.74 Å². The van der Waals surface area contributed by atoms with Crippen molar-refractivity contribution in [1.29, 1.82) is 0 Å². The van der Waals surface area contributed by atoms with E-state index in [9.17, 15) is 13.9 Å². The Labute approximate surface area is 128 Å². The maximum atomic E-state index is 13.2. The summed E-state index contributed by atoms with van der Waals surface area (Å²) in [7, 11) is 1.60. The molecule has 3 nitrogen and oxygen atoms in total. The molecular formula is C17H19F2NO2. The standard InChI is InChI=1S/C17H19F2NO2/c1-11(17(21)12-7-8-14(18)15(19)9-12)20-10-13-5-3-4-6-16(13)22-2/h3-9,11,17,20-21H,10H2,1-2H3. The molecule has 0 aliphatic carbocycles. The zero-order valence-electron chi connectivity index (χ0n) is 12.5. The van der Waals surface area contributed by atoms with Crippen LogP contribution in [0.3, 0.4) is 0 Å². The Kier molecular flexibility index (Phi) is 5.46. The van der Waals surface area contributed by atoms with Crippen LogP contribution in [0, 0.1) is 11.6 Å². The van der Waals surface area contributed by atoms with Crippen LogP contribution in [0.1, 0.15) is 24.2 Å². The molecule has 2 unspecified atom stereocenters. The molecule has 0 fully saturated rings. The summed E-state index contributed by atoms with van der Waals surface area (Å²) in [4.78, 5) is 0. The van der Waals surface area contributed by atoms with Crippen LogP contribution in [0.25, 0.3) is 0 Å². The highest BCUT2D eigenvalue weighted by Crippen LogP contribution is 2.21. The van der Waals surface area contributed by atoms with Crippen molar-refractivity contribution in [3.05, 3.63) is 65.2 Å². The second-order valence-electron chi connectivity index (χ2n) is 5.10. The van der Waals surface area contributed by atoms with Gasteiger partial charge in [0.05, 0.1) is 13.2 Å². The van der Waals surface area contributed by atoms with E-state index in [2.05, 4.69) is 5.32 Å². The lowest BCUT2D eigenvalue weighted by molar-refractivity contribution is 0.134. The monoisotopic (exact) mass is 307 g/mol. The van der Waals surface area contributed by atoms with Crippen LogP contribution in [0.15, 0.2) is 42.5 Å². The van der Waals surface area contributed by atoms with Crippen LogP contribution < -0.4 is 10.1 Å². The molecule has 2 aromatic carbocycles. The second-order valence-corrected chi connectivity index (χ2v) is 5.10. The predicted octanol–water partition coefficient (Wildman–Crippen LogP) is 3.19. The van der Waals surface area contributed by atoms with Crippen molar-refractivity contribution >= 4 is 0 Å². The molecule has 2 aromatic rings. The summed E-state index contributed by atoms with van der Waals surface area (Å²) in [5.41, 5.74) is 1.29. The maximum Gasteiger partial charge on any atom is 0.159 e. The molecule has 2 atom stereocenters. The maximum absolute atomic E-state index is 13.2. The van der Waals surface area contributed by atoms with E-state index in [-0.39, 0.29) is 6.04 Å². The molecule has 0 saturated heterocycles. The SMILES string of the molecule is COc1ccccc1CNC(C)C(O)c1ccc(F)c(F)c1. The summed E-state index contributed by atoms with van der Waals surface area (Å²) in [5, 5.41) is 13.4. The van der Waals surface area contributed by atoms with Gasteiger partial charge in [0.2, 0.25) is 0 Å². The Morgan fingerprint density at radius 3 is 2.55 bits per heavy atom. The van der Waals surface area contributed by atoms with Crippen molar-refractivity contribution in [1.82, 2.24) is 5.32 Å². The van der Waals surface area contributed by atoms with Gasteiger partial charge < -0.3 is 15.2 Å². The predicted molar refractivity (Wildman–Crippen MR) is 80.6 cm³/mol. The molecule has 118 valence electrons. The molecule has 2 rings (SSSR count). The lowest BCUT2D eigenvalue weighted by Crippen LogP contribution is -2.31. The van der Waals surface area contributed by atoms with E-state index in [0.29, 0.717) is 12.1 Å². The third-order valence-corrected chi connectivity index (χ3v) is 3.57. The first-order valence-corrected chi connectivity index (χ1v) is 7.01. The minimum Gasteiger partial charge on any atom is -0.496 e. The van der Waals surface area contributed by atoms with Gasteiger partial charge in [-0.1, -0.05) is 24.3 Å². The van der Waals surface area contributed by atoms with Gasteiger partial charge in [-0.25, -0.2) is 8.78 Å². The van der Waals surface area contributed by atoms with Crippen molar-refractivity contribution in [2.45, 2.75) is 25.6 Å². The van der Waals surface area contributed by atoms with Crippen LogP contribution in [-0.2, 0) is 6.54 Å². The number of aliphatic hydroxyl groups is 1. The number of hydrogen-bond acceptors (Lipinski definition) is 3. The number of rotatable bonds is 6. The first-order valence-electron chi connectivity index (χ1n) is 7.01. The lowest BCUT2D eigenvalue weighted by atomic mass is 10.0. The molecule has 0 aliphatic rings. The normalized spacial score (nSPS) is 13.7. The van der Waals surface area contributed by atoms with Crippen LogP contribution in [0.4, 0.5) is 8.78 Å². The minimum atomic E-state index is -0.964. The van der Waals surface area contributed by atoms with Gasteiger partial charge in [-0.2, -0.15) is 0 Å². The van der Waals surface area contributed by atoms with Crippen LogP contribution in [0.2, 0.25) is 0 Å². The molecule has 0 spiro atoms. The van der Waals surface area contributed by atoms with Crippen LogP contribution in [-0.4, -0.2) is 18.3 Å². The quantitative estimate of drug-likeness (QED) is 0.861. The van der Waals surface area contributed by atoms with Gasteiger partial charge in [-0.15, -0.1) is 0 Å². The lowest BCUT2D eigenvalue weighted by Gasteiger charge is -2.21. The number of hydrogen-bond donors (Lipinski definition) is 2. The van der Waals surface area contributed by atoms with Crippen molar-refractivity contribution in [3.63, 3.8) is 0 Å². The number of methoxy groups -OCH3 is 1. The first kappa shape index (κ1) is 16.4. The molecule has 0 bridgehead atoms. The highest BCUT2D eigenvalue weighted by atomic mass is 19.2. The summed E-state index contributed by atoms with van der Waals surface area (Å²) in [6.45, 7) is 2.27. The molecule has 0 amide bonds. The molecule has 0 heterocycles.